The minimum Gasteiger partial charge on any atom is -0.508 e. The van der Waals surface area contributed by atoms with E-state index in [1.165, 1.54) is 36.4 Å². The van der Waals surface area contributed by atoms with Gasteiger partial charge in [-0.05, 0) is 48.2 Å². The Labute approximate surface area is 141 Å². The number of rotatable bonds is 6. The van der Waals surface area contributed by atoms with E-state index in [2.05, 4.69) is 19.3 Å². The topological polar surface area (TPSA) is 95.5 Å². The third-order valence-corrected chi connectivity index (χ3v) is 5.04. The van der Waals surface area contributed by atoms with Crippen LogP contribution < -0.4 is 10.3 Å². The fraction of sp³-hybridized carbons (Fsp3) is 0.235. The van der Waals surface area contributed by atoms with Crippen molar-refractivity contribution in [3.05, 3.63) is 59.7 Å². The van der Waals surface area contributed by atoms with E-state index in [1.807, 2.05) is 4.83 Å². The van der Waals surface area contributed by atoms with E-state index in [1.54, 1.807) is 12.1 Å². The van der Waals surface area contributed by atoms with Crippen molar-refractivity contribution >= 4 is 15.9 Å². The molecule has 0 unspecified atom stereocenters. The molecule has 0 aliphatic carbocycles. The molecule has 1 atom stereocenters. The summed E-state index contributed by atoms with van der Waals surface area (Å²) in [5.74, 6) is -0.392. The van der Waals surface area contributed by atoms with E-state index in [0.29, 0.717) is 5.92 Å². The molecule has 2 rings (SSSR count). The van der Waals surface area contributed by atoms with Gasteiger partial charge in [-0.2, -0.15) is 0 Å². The highest BCUT2D eigenvalue weighted by Gasteiger charge is 2.16. The van der Waals surface area contributed by atoms with Gasteiger partial charge in [0.15, 0.2) is 0 Å². The summed E-state index contributed by atoms with van der Waals surface area (Å²) in [6.07, 6.45) is 0.963. The van der Waals surface area contributed by atoms with Crippen LogP contribution in [0.15, 0.2) is 53.4 Å². The summed E-state index contributed by atoms with van der Waals surface area (Å²) in [5, 5.41) is 9.34. The van der Waals surface area contributed by atoms with Gasteiger partial charge in [0.2, 0.25) is 0 Å². The zero-order valence-corrected chi connectivity index (χ0v) is 14.3. The van der Waals surface area contributed by atoms with Crippen LogP contribution in [-0.2, 0) is 10.0 Å². The minimum absolute atomic E-state index is 0.0609. The van der Waals surface area contributed by atoms with Crippen molar-refractivity contribution < 1.29 is 18.3 Å². The van der Waals surface area contributed by atoms with Crippen molar-refractivity contribution in [1.29, 1.82) is 0 Å². The molecule has 0 aliphatic heterocycles. The molecule has 24 heavy (non-hydrogen) atoms. The summed E-state index contributed by atoms with van der Waals surface area (Å²) >= 11 is 0. The molecule has 0 aromatic heterocycles. The predicted octanol–water partition coefficient (Wildman–Crippen LogP) is 2.53. The second-order valence-corrected chi connectivity index (χ2v) is 7.17. The zero-order valence-electron chi connectivity index (χ0n) is 13.5. The number of hydrogen-bond acceptors (Lipinski definition) is 4. The van der Waals surface area contributed by atoms with Crippen molar-refractivity contribution in [1.82, 2.24) is 10.3 Å². The van der Waals surface area contributed by atoms with Crippen molar-refractivity contribution in [2.45, 2.75) is 31.1 Å². The Bertz CT molecular complexity index is 817. The molecule has 2 aromatic rings. The fourth-order valence-corrected chi connectivity index (χ4v) is 2.94. The smallest absolute Gasteiger partial charge is 0.266 e. The lowest BCUT2D eigenvalue weighted by Gasteiger charge is -2.11. The van der Waals surface area contributed by atoms with Gasteiger partial charge in [-0.3, -0.25) is 10.2 Å². The molecule has 0 saturated heterocycles. The maximum atomic E-state index is 12.2. The highest BCUT2D eigenvalue weighted by molar-refractivity contribution is 7.89. The van der Waals surface area contributed by atoms with Gasteiger partial charge in [0.25, 0.3) is 15.9 Å². The first-order valence-corrected chi connectivity index (χ1v) is 9.03. The van der Waals surface area contributed by atoms with Gasteiger partial charge in [-0.1, -0.05) is 32.0 Å². The SMILES string of the molecule is CC[C@H](C)c1ccc(S(=O)(=O)NNC(=O)c2cccc(O)c2)cc1. The van der Waals surface area contributed by atoms with Crippen LogP contribution in [0.5, 0.6) is 5.75 Å². The number of hydrazine groups is 1. The second kappa shape index (κ2) is 7.46. The Morgan fingerprint density at radius 3 is 2.42 bits per heavy atom. The first-order valence-electron chi connectivity index (χ1n) is 7.54. The maximum Gasteiger partial charge on any atom is 0.266 e. The number of hydrogen-bond donors (Lipinski definition) is 3. The number of carbonyl (C=O) groups excluding carboxylic acids is 1. The van der Waals surface area contributed by atoms with Crippen LogP contribution in [0.1, 0.15) is 42.1 Å². The molecule has 0 heterocycles. The number of aromatic hydroxyl groups is 1. The van der Waals surface area contributed by atoms with E-state index < -0.39 is 15.9 Å². The van der Waals surface area contributed by atoms with Gasteiger partial charge in [-0.15, -0.1) is 4.83 Å². The van der Waals surface area contributed by atoms with Crippen LogP contribution in [0.2, 0.25) is 0 Å². The van der Waals surface area contributed by atoms with E-state index in [9.17, 15) is 18.3 Å². The molecule has 0 radical (unpaired) electrons. The van der Waals surface area contributed by atoms with Crippen molar-refractivity contribution in [3.8, 4) is 5.75 Å². The first-order chi connectivity index (χ1) is 11.3. The van der Waals surface area contributed by atoms with Crippen molar-refractivity contribution in [3.63, 3.8) is 0 Å². The molecular weight excluding hydrogens is 328 g/mol. The van der Waals surface area contributed by atoms with Gasteiger partial charge < -0.3 is 5.11 Å². The number of sulfonamides is 1. The van der Waals surface area contributed by atoms with E-state index in [-0.39, 0.29) is 16.2 Å². The van der Waals surface area contributed by atoms with Gasteiger partial charge in [-0.25, -0.2) is 8.42 Å². The highest BCUT2D eigenvalue weighted by atomic mass is 32.2. The summed E-state index contributed by atoms with van der Waals surface area (Å²) in [5.41, 5.74) is 3.32. The molecule has 0 spiro atoms. The number of amides is 1. The Morgan fingerprint density at radius 2 is 1.83 bits per heavy atom. The number of phenolic OH excluding ortho intramolecular Hbond substituents is 1. The van der Waals surface area contributed by atoms with Crippen LogP contribution >= 0.6 is 0 Å². The molecule has 6 nitrogen and oxygen atoms in total. The molecule has 1 amide bonds. The highest BCUT2D eigenvalue weighted by Crippen LogP contribution is 2.20. The summed E-state index contributed by atoms with van der Waals surface area (Å²) in [7, 11) is -3.87. The average molecular weight is 348 g/mol. The van der Waals surface area contributed by atoms with E-state index in [0.717, 1.165) is 12.0 Å². The molecule has 0 aliphatic rings. The summed E-state index contributed by atoms with van der Waals surface area (Å²) in [4.78, 5) is 14.0. The number of phenols is 1. The lowest BCUT2D eigenvalue weighted by atomic mass is 9.99. The largest absolute Gasteiger partial charge is 0.508 e. The summed E-state index contributed by atoms with van der Waals surface area (Å²) in [6.45, 7) is 4.13. The normalized spacial score (nSPS) is 12.6. The number of nitrogens with one attached hydrogen (secondary N) is 2. The first kappa shape index (κ1) is 18.0. The third-order valence-electron chi connectivity index (χ3n) is 3.78. The Kier molecular flexibility index (Phi) is 5.58. The molecule has 0 fully saturated rings. The third kappa shape index (κ3) is 4.33. The molecule has 2 aromatic carbocycles. The molecular formula is C17H20N2O4S. The van der Waals surface area contributed by atoms with Crippen molar-refractivity contribution in [2.24, 2.45) is 0 Å². The molecule has 0 bridgehead atoms. The summed E-state index contributed by atoms with van der Waals surface area (Å²) in [6, 6.07) is 12.1. The van der Waals surface area contributed by atoms with Crippen LogP contribution in [0.3, 0.4) is 0 Å². The standard InChI is InChI=1S/C17H20N2O4S/c1-3-12(2)13-7-9-16(10-8-13)24(22,23)19-18-17(21)14-5-4-6-15(20)11-14/h4-12,19-20H,3H2,1-2H3,(H,18,21)/t12-/m0/s1. The number of carbonyl (C=O) groups is 1. The van der Waals surface area contributed by atoms with Crippen LogP contribution in [-0.4, -0.2) is 19.4 Å². The monoisotopic (exact) mass is 348 g/mol. The number of benzene rings is 2. The van der Waals surface area contributed by atoms with Gasteiger partial charge in [0, 0.05) is 5.56 Å². The van der Waals surface area contributed by atoms with Gasteiger partial charge in [0.05, 0.1) is 4.90 Å². The van der Waals surface area contributed by atoms with Crippen LogP contribution in [0.25, 0.3) is 0 Å². The van der Waals surface area contributed by atoms with Crippen molar-refractivity contribution in [2.75, 3.05) is 0 Å². The Balaban J connectivity index is 2.07. The second-order valence-electron chi connectivity index (χ2n) is 5.49. The Hall–Kier alpha value is -2.38. The van der Waals surface area contributed by atoms with Crippen LogP contribution in [0, 0.1) is 0 Å². The maximum absolute atomic E-state index is 12.2. The lowest BCUT2D eigenvalue weighted by Crippen LogP contribution is -2.41. The Morgan fingerprint density at radius 1 is 1.17 bits per heavy atom. The average Bonchev–Trinajstić information content (AvgIpc) is 2.59. The molecule has 128 valence electrons. The predicted molar refractivity (Wildman–Crippen MR) is 91.0 cm³/mol. The van der Waals surface area contributed by atoms with E-state index in [4.69, 9.17) is 0 Å². The minimum atomic E-state index is -3.87. The van der Waals surface area contributed by atoms with E-state index >= 15 is 0 Å². The van der Waals surface area contributed by atoms with Gasteiger partial charge >= 0.3 is 0 Å². The quantitative estimate of drug-likeness (QED) is 0.699. The molecule has 0 saturated carbocycles. The lowest BCUT2D eigenvalue weighted by molar-refractivity contribution is 0.0944. The fourth-order valence-electron chi connectivity index (χ4n) is 2.10. The molecule has 3 N–H and O–H groups in total. The molecule has 7 heteroatoms. The van der Waals surface area contributed by atoms with Crippen LogP contribution in [0.4, 0.5) is 0 Å². The zero-order chi connectivity index (χ0) is 17.7. The van der Waals surface area contributed by atoms with Gasteiger partial charge in [0.1, 0.15) is 5.75 Å². The summed E-state index contributed by atoms with van der Waals surface area (Å²) < 4.78 is 24.4.